The van der Waals surface area contributed by atoms with Gasteiger partial charge in [0.15, 0.2) is 11.5 Å². The van der Waals surface area contributed by atoms with Gasteiger partial charge >= 0.3 is 5.97 Å². The standard InChI is InChI=1S/C26H35NO5/c1-4-7-16-31-23-14-12-20(18-24(23)30-6-3)13-15-25(28)27-22-11-9-10-21(19-22)26(29)32-17-8-5-2/h9-12,14,18-19H,4-8,13,15-17H2,1-3H3,(H,27,28). The van der Waals surface area contributed by atoms with Gasteiger partial charge < -0.3 is 19.5 Å². The van der Waals surface area contributed by atoms with Gasteiger partial charge in [-0.1, -0.05) is 38.8 Å². The lowest BCUT2D eigenvalue weighted by Crippen LogP contribution is -2.13. The largest absolute Gasteiger partial charge is 0.490 e. The molecule has 2 aromatic rings. The number of aryl methyl sites for hydroxylation is 1. The zero-order chi connectivity index (χ0) is 23.2. The normalized spacial score (nSPS) is 10.5. The number of hydrogen-bond donors (Lipinski definition) is 1. The van der Waals surface area contributed by atoms with Gasteiger partial charge in [0.05, 0.1) is 25.4 Å². The van der Waals surface area contributed by atoms with Crippen molar-refractivity contribution in [3.8, 4) is 11.5 Å². The molecule has 0 aliphatic rings. The van der Waals surface area contributed by atoms with Crippen LogP contribution in [0.2, 0.25) is 0 Å². The van der Waals surface area contributed by atoms with E-state index in [4.69, 9.17) is 14.2 Å². The van der Waals surface area contributed by atoms with Gasteiger partial charge in [-0.3, -0.25) is 4.79 Å². The summed E-state index contributed by atoms with van der Waals surface area (Å²) in [5, 5.41) is 2.86. The molecule has 2 rings (SSSR count). The Morgan fingerprint density at radius 2 is 1.66 bits per heavy atom. The number of ether oxygens (including phenoxy) is 3. The molecule has 0 aliphatic carbocycles. The molecule has 0 spiro atoms. The van der Waals surface area contributed by atoms with Crippen molar-refractivity contribution in [2.45, 2.75) is 59.3 Å². The van der Waals surface area contributed by atoms with Crippen molar-refractivity contribution in [1.82, 2.24) is 0 Å². The van der Waals surface area contributed by atoms with E-state index in [2.05, 4.69) is 12.2 Å². The molecule has 0 heterocycles. The average molecular weight is 442 g/mol. The SMILES string of the molecule is CCCCOC(=O)c1cccc(NC(=O)CCc2ccc(OCCCC)c(OCC)c2)c1. The van der Waals surface area contributed by atoms with Crippen molar-refractivity contribution in [3.05, 3.63) is 53.6 Å². The van der Waals surface area contributed by atoms with Crippen LogP contribution in [0.15, 0.2) is 42.5 Å². The van der Waals surface area contributed by atoms with Crippen LogP contribution >= 0.6 is 0 Å². The fourth-order valence-corrected chi connectivity index (χ4v) is 3.02. The smallest absolute Gasteiger partial charge is 0.338 e. The Kier molecular flexibility index (Phi) is 11.1. The van der Waals surface area contributed by atoms with Gasteiger partial charge in [-0.2, -0.15) is 0 Å². The van der Waals surface area contributed by atoms with E-state index in [0.29, 0.717) is 49.7 Å². The second kappa shape index (κ2) is 14.1. The maximum atomic E-state index is 12.4. The number of esters is 1. The fraction of sp³-hybridized carbons (Fsp3) is 0.462. The van der Waals surface area contributed by atoms with Gasteiger partial charge in [0, 0.05) is 12.1 Å². The minimum Gasteiger partial charge on any atom is -0.490 e. The van der Waals surface area contributed by atoms with E-state index in [1.165, 1.54) is 0 Å². The monoisotopic (exact) mass is 441 g/mol. The quantitative estimate of drug-likeness (QED) is 0.297. The van der Waals surface area contributed by atoms with Crippen molar-refractivity contribution in [2.75, 3.05) is 25.1 Å². The average Bonchev–Trinajstić information content (AvgIpc) is 2.79. The number of rotatable bonds is 14. The topological polar surface area (TPSA) is 73.9 Å². The molecule has 0 saturated heterocycles. The molecule has 6 nitrogen and oxygen atoms in total. The third-order valence-electron chi connectivity index (χ3n) is 4.82. The molecule has 0 unspecified atom stereocenters. The van der Waals surface area contributed by atoms with Crippen molar-refractivity contribution < 1.29 is 23.8 Å². The molecule has 6 heteroatoms. The van der Waals surface area contributed by atoms with Crippen molar-refractivity contribution >= 4 is 17.6 Å². The first-order valence-corrected chi connectivity index (χ1v) is 11.5. The van der Waals surface area contributed by atoms with Crippen LogP contribution in [-0.2, 0) is 16.0 Å². The molecular weight excluding hydrogens is 406 g/mol. The maximum Gasteiger partial charge on any atom is 0.338 e. The molecule has 1 amide bonds. The summed E-state index contributed by atoms with van der Waals surface area (Å²) >= 11 is 0. The van der Waals surface area contributed by atoms with Gasteiger partial charge in [0.2, 0.25) is 5.91 Å². The lowest BCUT2D eigenvalue weighted by molar-refractivity contribution is -0.116. The fourth-order valence-electron chi connectivity index (χ4n) is 3.02. The molecule has 2 aromatic carbocycles. The lowest BCUT2D eigenvalue weighted by Gasteiger charge is -2.13. The van der Waals surface area contributed by atoms with E-state index in [0.717, 1.165) is 37.0 Å². The molecule has 0 saturated carbocycles. The van der Waals surface area contributed by atoms with Crippen molar-refractivity contribution in [1.29, 1.82) is 0 Å². The summed E-state index contributed by atoms with van der Waals surface area (Å²) in [4.78, 5) is 24.6. The summed E-state index contributed by atoms with van der Waals surface area (Å²) in [5.41, 5.74) is 2.01. The molecule has 0 atom stereocenters. The first-order valence-electron chi connectivity index (χ1n) is 11.5. The molecule has 32 heavy (non-hydrogen) atoms. The first-order chi connectivity index (χ1) is 15.6. The second-order valence-electron chi connectivity index (χ2n) is 7.53. The van der Waals surface area contributed by atoms with E-state index in [9.17, 15) is 9.59 Å². The Hall–Kier alpha value is -3.02. The van der Waals surface area contributed by atoms with Gasteiger partial charge in [0.25, 0.3) is 0 Å². The highest BCUT2D eigenvalue weighted by molar-refractivity contribution is 5.94. The summed E-state index contributed by atoms with van der Waals surface area (Å²) in [7, 11) is 0. The highest BCUT2D eigenvalue weighted by atomic mass is 16.5. The highest BCUT2D eigenvalue weighted by Crippen LogP contribution is 2.29. The minimum absolute atomic E-state index is 0.122. The number of carbonyl (C=O) groups excluding carboxylic acids is 2. The van der Waals surface area contributed by atoms with Gasteiger partial charge in [-0.05, 0) is 62.1 Å². The molecule has 0 aliphatic heterocycles. The summed E-state index contributed by atoms with van der Waals surface area (Å²) in [5.74, 6) is 0.939. The number of nitrogens with one attached hydrogen (secondary N) is 1. The van der Waals surface area contributed by atoms with Gasteiger partial charge in [0.1, 0.15) is 0 Å². The predicted molar refractivity (Wildman–Crippen MR) is 127 cm³/mol. The molecule has 0 bridgehead atoms. The maximum absolute atomic E-state index is 12.4. The van der Waals surface area contributed by atoms with Crippen molar-refractivity contribution in [3.63, 3.8) is 0 Å². The molecule has 1 N–H and O–H groups in total. The van der Waals surface area contributed by atoms with Crippen LogP contribution in [-0.4, -0.2) is 31.7 Å². The summed E-state index contributed by atoms with van der Waals surface area (Å²) < 4.78 is 16.8. The number of hydrogen-bond acceptors (Lipinski definition) is 5. The second-order valence-corrected chi connectivity index (χ2v) is 7.53. The lowest BCUT2D eigenvalue weighted by atomic mass is 10.1. The zero-order valence-electron chi connectivity index (χ0n) is 19.4. The van der Waals surface area contributed by atoms with Crippen LogP contribution in [0.1, 0.15) is 68.8 Å². The molecule has 0 radical (unpaired) electrons. The predicted octanol–water partition coefficient (Wildman–Crippen LogP) is 5.79. The van der Waals surface area contributed by atoms with Gasteiger partial charge in [-0.25, -0.2) is 4.79 Å². The first kappa shape index (κ1) is 25.2. The van der Waals surface area contributed by atoms with Crippen LogP contribution in [0, 0.1) is 0 Å². The number of unbranched alkanes of at least 4 members (excludes halogenated alkanes) is 2. The third-order valence-corrected chi connectivity index (χ3v) is 4.82. The number of amides is 1. The van der Waals surface area contributed by atoms with Crippen LogP contribution in [0.5, 0.6) is 11.5 Å². The van der Waals surface area contributed by atoms with E-state index in [1.54, 1.807) is 24.3 Å². The Morgan fingerprint density at radius 1 is 0.875 bits per heavy atom. The van der Waals surface area contributed by atoms with Gasteiger partial charge in [-0.15, -0.1) is 0 Å². The number of anilines is 1. The Morgan fingerprint density at radius 3 is 2.41 bits per heavy atom. The summed E-state index contributed by atoms with van der Waals surface area (Å²) in [6.07, 6.45) is 4.74. The van der Waals surface area contributed by atoms with Crippen LogP contribution < -0.4 is 14.8 Å². The van der Waals surface area contributed by atoms with Crippen LogP contribution in [0.25, 0.3) is 0 Å². The summed E-state index contributed by atoms with van der Waals surface area (Å²) in [6, 6.07) is 12.6. The van der Waals surface area contributed by atoms with E-state index in [-0.39, 0.29) is 11.9 Å². The Balaban J connectivity index is 1.91. The molecule has 0 aromatic heterocycles. The number of benzene rings is 2. The third kappa shape index (κ3) is 8.61. The van der Waals surface area contributed by atoms with E-state index < -0.39 is 0 Å². The van der Waals surface area contributed by atoms with E-state index in [1.807, 2.05) is 32.0 Å². The Bertz CT molecular complexity index is 865. The number of carbonyl (C=O) groups is 2. The van der Waals surface area contributed by atoms with Crippen LogP contribution in [0.4, 0.5) is 5.69 Å². The highest BCUT2D eigenvalue weighted by Gasteiger charge is 2.11. The molecular formula is C26H35NO5. The summed E-state index contributed by atoms with van der Waals surface area (Å²) in [6.45, 7) is 7.70. The molecule has 0 fully saturated rings. The zero-order valence-corrected chi connectivity index (χ0v) is 19.4. The molecule has 174 valence electrons. The van der Waals surface area contributed by atoms with Crippen LogP contribution in [0.3, 0.4) is 0 Å². The van der Waals surface area contributed by atoms with E-state index >= 15 is 0 Å². The minimum atomic E-state index is -0.376. The Labute approximate surface area is 191 Å². The van der Waals surface area contributed by atoms with Crippen molar-refractivity contribution in [2.24, 2.45) is 0 Å².